The lowest BCUT2D eigenvalue weighted by molar-refractivity contribution is -0.113. The van der Waals surface area contributed by atoms with Crippen LogP contribution in [0.5, 0.6) is 11.5 Å². The molecule has 0 saturated carbocycles. The van der Waals surface area contributed by atoms with Crippen molar-refractivity contribution in [1.82, 2.24) is 15.0 Å². The van der Waals surface area contributed by atoms with Crippen LogP contribution in [0, 0.1) is 6.92 Å². The Labute approximate surface area is 184 Å². The Balaban J connectivity index is 1.49. The highest BCUT2D eigenvalue weighted by Crippen LogP contribution is 2.32. The molecule has 2 aromatic heterocycles. The molecular formula is C23H22N4O3S. The standard InChI is InChI=1S/C23H22N4O3S/c1-14-5-4-6-15(9-14)17-11-24-22-21(17)25-13-26-23(22)31-12-20(28)27-16-7-8-18(29-2)19(10-16)30-3/h4-11,13,24H,12H2,1-3H3,(H,27,28). The number of carbonyl (C=O) groups excluding carboxylic acids is 1. The normalized spacial score (nSPS) is 10.8. The van der Waals surface area contributed by atoms with Crippen molar-refractivity contribution in [3.63, 3.8) is 0 Å². The van der Waals surface area contributed by atoms with Crippen molar-refractivity contribution in [2.45, 2.75) is 11.9 Å². The van der Waals surface area contributed by atoms with Crippen LogP contribution in [0.1, 0.15) is 5.56 Å². The summed E-state index contributed by atoms with van der Waals surface area (Å²) >= 11 is 1.36. The van der Waals surface area contributed by atoms with Crippen LogP contribution < -0.4 is 14.8 Å². The number of benzene rings is 2. The van der Waals surface area contributed by atoms with E-state index in [1.807, 2.05) is 12.3 Å². The van der Waals surface area contributed by atoms with Gasteiger partial charge in [-0.3, -0.25) is 4.79 Å². The molecule has 0 aliphatic rings. The van der Waals surface area contributed by atoms with Gasteiger partial charge in [-0.1, -0.05) is 41.6 Å². The van der Waals surface area contributed by atoms with Gasteiger partial charge in [-0.15, -0.1) is 0 Å². The number of H-pyrrole nitrogens is 1. The molecule has 0 aliphatic carbocycles. The molecule has 4 rings (SSSR count). The summed E-state index contributed by atoms with van der Waals surface area (Å²) in [6.45, 7) is 2.06. The second-order valence-corrected chi connectivity index (χ2v) is 7.84. The summed E-state index contributed by atoms with van der Waals surface area (Å²) in [6, 6.07) is 13.5. The maximum Gasteiger partial charge on any atom is 0.234 e. The lowest BCUT2D eigenvalue weighted by Crippen LogP contribution is -2.14. The van der Waals surface area contributed by atoms with Gasteiger partial charge in [0.15, 0.2) is 11.5 Å². The molecule has 0 bridgehead atoms. The van der Waals surface area contributed by atoms with E-state index in [1.165, 1.54) is 23.7 Å². The van der Waals surface area contributed by atoms with E-state index in [1.54, 1.807) is 32.4 Å². The summed E-state index contributed by atoms with van der Waals surface area (Å²) in [5.41, 5.74) is 5.58. The Morgan fingerprint density at radius 1 is 1.10 bits per heavy atom. The van der Waals surface area contributed by atoms with Crippen LogP contribution in [-0.4, -0.2) is 40.8 Å². The average Bonchev–Trinajstić information content (AvgIpc) is 3.22. The molecule has 0 saturated heterocycles. The number of aromatic nitrogens is 3. The number of hydrogen-bond acceptors (Lipinski definition) is 6. The third-order valence-electron chi connectivity index (χ3n) is 4.76. The molecule has 8 heteroatoms. The molecule has 7 nitrogen and oxygen atoms in total. The van der Waals surface area contributed by atoms with Crippen LogP contribution in [0.2, 0.25) is 0 Å². The van der Waals surface area contributed by atoms with Crippen molar-refractivity contribution in [2.75, 3.05) is 25.3 Å². The van der Waals surface area contributed by atoms with Crippen LogP contribution in [0.15, 0.2) is 60.0 Å². The zero-order valence-corrected chi connectivity index (χ0v) is 18.2. The van der Waals surface area contributed by atoms with Crippen molar-refractivity contribution in [1.29, 1.82) is 0 Å². The number of ether oxygens (including phenoxy) is 2. The van der Waals surface area contributed by atoms with E-state index in [9.17, 15) is 4.79 Å². The van der Waals surface area contributed by atoms with Crippen LogP contribution in [-0.2, 0) is 4.79 Å². The second kappa shape index (κ2) is 9.09. The third-order valence-corrected chi connectivity index (χ3v) is 5.75. The number of aryl methyl sites for hydroxylation is 1. The molecule has 0 radical (unpaired) electrons. The number of aromatic amines is 1. The molecule has 1 amide bonds. The number of carbonyl (C=O) groups is 1. The van der Waals surface area contributed by atoms with E-state index in [0.29, 0.717) is 17.2 Å². The fraction of sp³-hybridized carbons (Fsp3) is 0.174. The topological polar surface area (TPSA) is 89.1 Å². The average molecular weight is 435 g/mol. The molecule has 0 spiro atoms. The minimum Gasteiger partial charge on any atom is -0.493 e. The molecule has 2 N–H and O–H groups in total. The number of rotatable bonds is 7. The number of anilines is 1. The van der Waals surface area contributed by atoms with Gasteiger partial charge >= 0.3 is 0 Å². The van der Waals surface area contributed by atoms with Crippen molar-refractivity contribution < 1.29 is 14.3 Å². The maximum atomic E-state index is 12.5. The predicted octanol–water partition coefficient (Wildman–Crippen LogP) is 4.68. The van der Waals surface area contributed by atoms with Gasteiger partial charge in [0.1, 0.15) is 16.9 Å². The highest BCUT2D eigenvalue weighted by molar-refractivity contribution is 8.00. The zero-order valence-electron chi connectivity index (χ0n) is 17.4. The Kier molecular flexibility index (Phi) is 6.08. The SMILES string of the molecule is COc1ccc(NC(=O)CSc2ncnc3c(-c4cccc(C)c4)c[nH]c23)cc1OC. The molecule has 0 fully saturated rings. The summed E-state index contributed by atoms with van der Waals surface area (Å²) < 4.78 is 10.5. The van der Waals surface area contributed by atoms with Gasteiger partial charge in [0, 0.05) is 23.5 Å². The van der Waals surface area contributed by atoms with Crippen LogP contribution in [0.3, 0.4) is 0 Å². The monoisotopic (exact) mass is 434 g/mol. The smallest absolute Gasteiger partial charge is 0.234 e. The summed E-state index contributed by atoms with van der Waals surface area (Å²) in [5, 5.41) is 3.60. The van der Waals surface area contributed by atoms with Crippen LogP contribution >= 0.6 is 11.8 Å². The molecule has 0 aliphatic heterocycles. The zero-order chi connectivity index (χ0) is 21.8. The fourth-order valence-electron chi connectivity index (χ4n) is 3.30. The minimum absolute atomic E-state index is 0.144. The van der Waals surface area contributed by atoms with Gasteiger partial charge in [-0.2, -0.15) is 0 Å². The van der Waals surface area contributed by atoms with Crippen molar-refractivity contribution in [2.24, 2.45) is 0 Å². The van der Waals surface area contributed by atoms with E-state index in [0.717, 1.165) is 27.2 Å². The number of hydrogen-bond donors (Lipinski definition) is 2. The van der Waals surface area contributed by atoms with Crippen LogP contribution in [0.4, 0.5) is 5.69 Å². The molecular weight excluding hydrogens is 412 g/mol. The molecule has 2 aromatic carbocycles. The van der Waals surface area contributed by atoms with Gasteiger partial charge in [-0.05, 0) is 24.6 Å². The van der Waals surface area contributed by atoms with E-state index >= 15 is 0 Å². The highest BCUT2D eigenvalue weighted by Gasteiger charge is 2.14. The second-order valence-electron chi connectivity index (χ2n) is 6.88. The quantitative estimate of drug-likeness (QED) is 0.324. The summed E-state index contributed by atoms with van der Waals surface area (Å²) in [4.78, 5) is 24.6. The van der Waals surface area contributed by atoms with E-state index in [2.05, 4.69) is 45.4 Å². The molecule has 0 atom stereocenters. The van der Waals surface area contributed by atoms with Gasteiger partial charge in [0.25, 0.3) is 0 Å². The van der Waals surface area contributed by atoms with Crippen molar-refractivity contribution >= 4 is 34.4 Å². The first-order valence-corrected chi connectivity index (χ1v) is 10.6. The maximum absolute atomic E-state index is 12.5. The number of amides is 1. The number of fused-ring (bicyclic) bond motifs is 1. The van der Waals surface area contributed by atoms with Gasteiger partial charge < -0.3 is 19.8 Å². The van der Waals surface area contributed by atoms with Gasteiger partial charge in [0.2, 0.25) is 5.91 Å². The molecule has 4 aromatic rings. The fourth-order valence-corrected chi connectivity index (χ4v) is 4.07. The Morgan fingerprint density at radius 3 is 2.71 bits per heavy atom. The number of nitrogens with zero attached hydrogens (tertiary/aromatic N) is 2. The Morgan fingerprint density at radius 2 is 1.94 bits per heavy atom. The first kappa shape index (κ1) is 20.7. The van der Waals surface area contributed by atoms with E-state index in [4.69, 9.17) is 9.47 Å². The Bertz CT molecular complexity index is 1240. The Hall–Kier alpha value is -3.52. The first-order valence-electron chi connectivity index (χ1n) is 9.63. The van der Waals surface area contributed by atoms with Gasteiger partial charge in [-0.25, -0.2) is 9.97 Å². The lowest BCUT2D eigenvalue weighted by atomic mass is 10.1. The molecule has 31 heavy (non-hydrogen) atoms. The largest absolute Gasteiger partial charge is 0.493 e. The van der Waals surface area contributed by atoms with Crippen molar-refractivity contribution in [3.05, 3.63) is 60.6 Å². The van der Waals surface area contributed by atoms with E-state index < -0.39 is 0 Å². The lowest BCUT2D eigenvalue weighted by Gasteiger charge is -2.10. The molecule has 2 heterocycles. The molecule has 0 unspecified atom stereocenters. The van der Waals surface area contributed by atoms with Crippen molar-refractivity contribution in [3.8, 4) is 22.6 Å². The highest BCUT2D eigenvalue weighted by atomic mass is 32.2. The summed E-state index contributed by atoms with van der Waals surface area (Å²) in [6.07, 6.45) is 3.46. The summed E-state index contributed by atoms with van der Waals surface area (Å²) in [5.74, 6) is 1.23. The van der Waals surface area contributed by atoms with Gasteiger partial charge in [0.05, 0.1) is 25.5 Å². The summed E-state index contributed by atoms with van der Waals surface area (Å²) in [7, 11) is 3.13. The molecule has 158 valence electrons. The number of thioether (sulfide) groups is 1. The number of methoxy groups -OCH3 is 2. The van der Waals surface area contributed by atoms with E-state index in [-0.39, 0.29) is 11.7 Å². The minimum atomic E-state index is -0.144. The number of nitrogens with one attached hydrogen (secondary N) is 2. The first-order chi connectivity index (χ1) is 15.1. The predicted molar refractivity (Wildman–Crippen MR) is 123 cm³/mol. The third kappa shape index (κ3) is 4.49. The van der Waals surface area contributed by atoms with Crippen LogP contribution in [0.25, 0.3) is 22.2 Å².